The Balaban J connectivity index is 1.68. The van der Waals surface area contributed by atoms with Crippen molar-refractivity contribution in [1.82, 2.24) is 4.90 Å². The zero-order valence-corrected chi connectivity index (χ0v) is 16.1. The Labute approximate surface area is 160 Å². The number of nitrogens with one attached hydrogen (secondary N) is 1. The fourth-order valence-corrected chi connectivity index (χ4v) is 3.19. The highest BCUT2D eigenvalue weighted by atomic mass is 16.5. The van der Waals surface area contributed by atoms with Crippen LogP contribution in [-0.4, -0.2) is 35.9 Å². The second-order valence-corrected chi connectivity index (χ2v) is 7.17. The van der Waals surface area contributed by atoms with E-state index in [1.165, 1.54) is 0 Å². The number of aryl methyl sites for hydroxylation is 1. The van der Waals surface area contributed by atoms with E-state index in [-0.39, 0.29) is 17.9 Å². The van der Waals surface area contributed by atoms with E-state index in [0.717, 1.165) is 37.2 Å². The van der Waals surface area contributed by atoms with E-state index in [1.807, 2.05) is 31.7 Å². The van der Waals surface area contributed by atoms with Crippen molar-refractivity contribution in [2.24, 2.45) is 0 Å². The van der Waals surface area contributed by atoms with Gasteiger partial charge in [0.1, 0.15) is 5.75 Å². The minimum Gasteiger partial charge on any atom is -0.491 e. The van der Waals surface area contributed by atoms with Gasteiger partial charge in [-0.2, -0.15) is 0 Å². The molecule has 1 aliphatic rings. The number of likely N-dealkylation sites (tertiary alicyclic amines) is 1. The summed E-state index contributed by atoms with van der Waals surface area (Å²) in [4.78, 5) is 26.9. The number of ether oxygens (including phenoxy) is 1. The van der Waals surface area contributed by atoms with Crippen molar-refractivity contribution < 1.29 is 14.3 Å². The zero-order valence-electron chi connectivity index (χ0n) is 16.1. The normalized spacial score (nSPS) is 13.7. The summed E-state index contributed by atoms with van der Waals surface area (Å²) in [5, 5.41) is 2.92. The van der Waals surface area contributed by atoms with Crippen LogP contribution >= 0.6 is 0 Å². The Morgan fingerprint density at radius 3 is 2.22 bits per heavy atom. The highest BCUT2D eigenvalue weighted by Crippen LogP contribution is 2.21. The molecule has 5 heteroatoms. The first kappa shape index (κ1) is 19.0. The maximum absolute atomic E-state index is 12.5. The molecule has 1 heterocycles. The lowest BCUT2D eigenvalue weighted by molar-refractivity contribution is 0.0792. The van der Waals surface area contributed by atoms with E-state index < -0.39 is 0 Å². The first-order valence-electron chi connectivity index (χ1n) is 9.42. The van der Waals surface area contributed by atoms with E-state index in [0.29, 0.717) is 16.8 Å². The molecule has 1 fully saturated rings. The average molecular weight is 366 g/mol. The van der Waals surface area contributed by atoms with Gasteiger partial charge >= 0.3 is 0 Å². The molecule has 0 aromatic heterocycles. The molecule has 1 saturated heterocycles. The number of carbonyl (C=O) groups excluding carboxylic acids is 2. The Bertz CT molecular complexity index is 822. The summed E-state index contributed by atoms with van der Waals surface area (Å²) in [6, 6.07) is 12.5. The lowest BCUT2D eigenvalue weighted by Crippen LogP contribution is -2.27. The molecule has 0 aliphatic carbocycles. The van der Waals surface area contributed by atoms with Crippen molar-refractivity contribution in [3.8, 4) is 5.75 Å². The quantitative estimate of drug-likeness (QED) is 0.860. The summed E-state index contributed by atoms with van der Waals surface area (Å²) < 4.78 is 5.60. The highest BCUT2D eigenvalue weighted by molar-refractivity contribution is 6.05. The SMILES string of the molecule is Cc1cc(C(=O)N2CCCC2)ccc1NC(=O)c1ccc(OC(C)C)cc1. The van der Waals surface area contributed by atoms with Crippen molar-refractivity contribution in [3.63, 3.8) is 0 Å². The van der Waals surface area contributed by atoms with E-state index in [2.05, 4.69) is 5.32 Å². The standard InChI is InChI=1S/C22H26N2O3/c1-15(2)27-19-9-6-17(7-10-19)21(25)23-20-11-8-18(14-16(20)3)22(26)24-12-4-5-13-24/h6-11,14-15H,4-5,12-13H2,1-3H3,(H,23,25). The number of hydrogen-bond donors (Lipinski definition) is 1. The first-order valence-corrected chi connectivity index (χ1v) is 9.42. The molecule has 3 rings (SSSR count). The van der Waals surface area contributed by atoms with Gasteiger partial charge in [-0.25, -0.2) is 0 Å². The van der Waals surface area contributed by atoms with E-state index in [4.69, 9.17) is 4.74 Å². The van der Waals surface area contributed by atoms with Gasteiger partial charge < -0.3 is 15.0 Å². The molecule has 1 aliphatic heterocycles. The number of amides is 2. The van der Waals surface area contributed by atoms with Crippen LogP contribution in [0.1, 0.15) is 53.0 Å². The smallest absolute Gasteiger partial charge is 0.255 e. The fraction of sp³-hybridized carbons (Fsp3) is 0.364. The second-order valence-electron chi connectivity index (χ2n) is 7.17. The van der Waals surface area contributed by atoms with Crippen LogP contribution < -0.4 is 10.1 Å². The van der Waals surface area contributed by atoms with Crippen molar-refractivity contribution in [2.45, 2.75) is 39.7 Å². The molecule has 0 radical (unpaired) electrons. The summed E-state index contributed by atoms with van der Waals surface area (Å²) in [6.07, 6.45) is 2.23. The van der Waals surface area contributed by atoms with Crippen LogP contribution in [0.25, 0.3) is 0 Å². The number of benzene rings is 2. The van der Waals surface area contributed by atoms with Crippen LogP contribution in [-0.2, 0) is 0 Å². The van der Waals surface area contributed by atoms with E-state index in [9.17, 15) is 9.59 Å². The Hall–Kier alpha value is -2.82. The molecule has 0 bridgehead atoms. The third kappa shape index (κ3) is 4.67. The van der Waals surface area contributed by atoms with Crippen LogP contribution in [0.3, 0.4) is 0 Å². The van der Waals surface area contributed by atoms with Crippen molar-refractivity contribution in [1.29, 1.82) is 0 Å². The number of carbonyl (C=O) groups is 2. The van der Waals surface area contributed by atoms with Crippen molar-refractivity contribution in [3.05, 3.63) is 59.2 Å². The molecular formula is C22H26N2O3. The lowest BCUT2D eigenvalue weighted by Gasteiger charge is -2.16. The fourth-order valence-electron chi connectivity index (χ4n) is 3.19. The minimum absolute atomic E-state index is 0.0641. The van der Waals surface area contributed by atoms with Crippen LogP contribution in [0.5, 0.6) is 5.75 Å². The summed E-state index contributed by atoms with van der Waals surface area (Å²) in [5.74, 6) is 0.615. The summed E-state index contributed by atoms with van der Waals surface area (Å²) >= 11 is 0. The third-order valence-corrected chi connectivity index (χ3v) is 4.60. The third-order valence-electron chi connectivity index (χ3n) is 4.60. The van der Waals surface area contributed by atoms with Gasteiger partial charge in [-0.3, -0.25) is 9.59 Å². The Kier molecular flexibility index (Phi) is 5.79. The van der Waals surface area contributed by atoms with Crippen LogP contribution in [0.2, 0.25) is 0 Å². The second kappa shape index (κ2) is 8.25. The van der Waals surface area contributed by atoms with Gasteiger partial charge in [-0.15, -0.1) is 0 Å². The largest absolute Gasteiger partial charge is 0.491 e. The molecule has 0 unspecified atom stereocenters. The van der Waals surface area contributed by atoms with Crippen LogP contribution in [0.4, 0.5) is 5.69 Å². The maximum Gasteiger partial charge on any atom is 0.255 e. The predicted octanol–water partition coefficient (Wildman–Crippen LogP) is 4.27. The summed E-state index contributed by atoms with van der Waals surface area (Å²) in [5.41, 5.74) is 2.80. The van der Waals surface area contributed by atoms with Crippen molar-refractivity contribution >= 4 is 17.5 Å². The summed E-state index contributed by atoms with van der Waals surface area (Å²) in [6.45, 7) is 7.47. The monoisotopic (exact) mass is 366 g/mol. The molecular weight excluding hydrogens is 340 g/mol. The number of nitrogens with zero attached hydrogens (tertiary/aromatic N) is 1. The Morgan fingerprint density at radius 2 is 1.63 bits per heavy atom. The zero-order chi connectivity index (χ0) is 19.4. The molecule has 0 saturated carbocycles. The highest BCUT2D eigenvalue weighted by Gasteiger charge is 2.20. The molecule has 0 spiro atoms. The van der Waals surface area contributed by atoms with Gasteiger partial charge in [-0.1, -0.05) is 0 Å². The lowest BCUT2D eigenvalue weighted by atomic mass is 10.1. The van der Waals surface area contributed by atoms with Gasteiger partial charge in [-0.05, 0) is 81.6 Å². The molecule has 0 atom stereocenters. The van der Waals surface area contributed by atoms with Crippen molar-refractivity contribution in [2.75, 3.05) is 18.4 Å². The first-order chi connectivity index (χ1) is 12.9. The maximum atomic E-state index is 12.5. The number of anilines is 1. The van der Waals surface area contributed by atoms with Gasteiger partial charge in [0.05, 0.1) is 6.10 Å². The Morgan fingerprint density at radius 1 is 1.00 bits per heavy atom. The topological polar surface area (TPSA) is 58.6 Å². The van der Waals surface area contributed by atoms with Gasteiger partial charge in [0.25, 0.3) is 11.8 Å². The molecule has 2 aromatic rings. The molecule has 142 valence electrons. The van der Waals surface area contributed by atoms with Gasteiger partial charge in [0.15, 0.2) is 0 Å². The molecule has 5 nitrogen and oxygen atoms in total. The van der Waals surface area contributed by atoms with Crippen LogP contribution in [0.15, 0.2) is 42.5 Å². The predicted molar refractivity (Wildman–Crippen MR) is 106 cm³/mol. The molecule has 27 heavy (non-hydrogen) atoms. The summed E-state index contributed by atoms with van der Waals surface area (Å²) in [7, 11) is 0. The number of hydrogen-bond acceptors (Lipinski definition) is 3. The average Bonchev–Trinajstić information content (AvgIpc) is 3.17. The molecule has 2 amide bonds. The molecule has 1 N–H and O–H groups in total. The minimum atomic E-state index is -0.187. The van der Waals surface area contributed by atoms with Crippen LogP contribution in [0, 0.1) is 6.92 Å². The van der Waals surface area contributed by atoms with E-state index >= 15 is 0 Å². The van der Waals surface area contributed by atoms with E-state index in [1.54, 1.807) is 36.4 Å². The number of rotatable bonds is 5. The van der Waals surface area contributed by atoms with Gasteiger partial charge in [0.2, 0.25) is 0 Å². The molecule has 2 aromatic carbocycles. The van der Waals surface area contributed by atoms with Gasteiger partial charge in [0, 0.05) is 29.9 Å².